The highest BCUT2D eigenvalue weighted by Gasteiger charge is 2.35. The summed E-state index contributed by atoms with van der Waals surface area (Å²) in [7, 11) is -1.00. The van der Waals surface area contributed by atoms with Gasteiger partial charge in [0.05, 0.1) is 19.7 Å². The number of hydrogen-bond donors (Lipinski definition) is 1. The first-order valence-corrected chi connectivity index (χ1v) is 16.2. The molecule has 4 heterocycles. The van der Waals surface area contributed by atoms with Crippen molar-refractivity contribution in [1.82, 2.24) is 20.2 Å². The lowest BCUT2D eigenvalue weighted by atomic mass is 10.1. The van der Waals surface area contributed by atoms with Crippen LogP contribution in [0.4, 0.5) is 36.6 Å². The van der Waals surface area contributed by atoms with Crippen molar-refractivity contribution in [2.75, 3.05) is 44.8 Å². The van der Waals surface area contributed by atoms with Crippen molar-refractivity contribution in [3.8, 4) is 0 Å². The summed E-state index contributed by atoms with van der Waals surface area (Å²) in [5.41, 5.74) is -1.85. The maximum atomic E-state index is 12.5. The van der Waals surface area contributed by atoms with E-state index >= 15 is 0 Å². The molecule has 0 unspecified atom stereocenters. The van der Waals surface area contributed by atoms with Gasteiger partial charge in [0.25, 0.3) is 0 Å². The molecule has 5 nitrogen and oxygen atoms in total. The zero-order valence-electron chi connectivity index (χ0n) is 28.0. The Morgan fingerprint density at radius 1 is 0.787 bits per heavy atom. The number of rotatable bonds is 4. The molecule has 0 aliphatic carbocycles. The number of halogens is 10. The number of anilines is 1. The third-order valence-electron chi connectivity index (χ3n) is 6.84. The maximum absolute atomic E-state index is 12.5. The lowest BCUT2D eigenvalue weighted by Gasteiger charge is -2.28. The maximum Gasteiger partial charge on any atom is 0.419 e. The highest BCUT2D eigenvalue weighted by Crippen LogP contribution is 2.35. The van der Waals surface area contributed by atoms with E-state index in [9.17, 15) is 30.7 Å². The minimum Gasteiger partial charge on any atom is -0.357 e. The van der Waals surface area contributed by atoms with Gasteiger partial charge in [0.2, 0.25) is 0 Å². The molecule has 0 radical (unpaired) electrons. The summed E-state index contributed by atoms with van der Waals surface area (Å²) in [5, 5.41) is 2.12. The van der Waals surface area contributed by atoms with Gasteiger partial charge in [-0.1, -0.05) is 55.6 Å². The van der Waals surface area contributed by atoms with Gasteiger partial charge in [-0.15, -0.1) is 0 Å². The average molecular weight is 746 g/mol. The normalized spacial score (nSPS) is 15.0. The van der Waals surface area contributed by atoms with Crippen LogP contribution in [0.25, 0.3) is 0 Å². The van der Waals surface area contributed by atoms with Crippen molar-refractivity contribution in [1.29, 1.82) is 0 Å². The van der Waals surface area contributed by atoms with Crippen molar-refractivity contribution >= 4 is 40.6 Å². The lowest BCUT2D eigenvalue weighted by molar-refractivity contribution is -0.138. The number of piperidine rings is 2. The fraction of sp³-hybridized carbons (Fsp3) is 0.688. The topological polar surface area (TPSA) is 44.3 Å². The summed E-state index contributed by atoms with van der Waals surface area (Å²) in [6.45, 7) is 16.5. The van der Waals surface area contributed by atoms with Crippen molar-refractivity contribution in [3.63, 3.8) is 0 Å². The Balaban J connectivity index is 0. The van der Waals surface area contributed by atoms with E-state index < -0.39 is 40.9 Å². The van der Waals surface area contributed by atoms with E-state index in [1.165, 1.54) is 38.4 Å². The number of pyridine rings is 2. The molecule has 2 aromatic heterocycles. The molecule has 0 atom stereocenters. The molecular weight excluding hydrogens is 694 g/mol. The number of aromatic nitrogens is 2. The molecule has 0 spiro atoms. The van der Waals surface area contributed by atoms with E-state index in [2.05, 4.69) is 54.8 Å². The standard InChI is InChI=1S/C11H12ClF3N2.C8H19N.C6H2Cl2F3N.C5H11N.CH3F.CH4/c12-10-8(11(13,14)15)4-5-9(16-10)17-6-2-1-3-7-17;1-6-9(7(2)3)8(4)5;7-4-2-1-3(5(8)12-4)6(9,10)11;1-2-4-6-5-3-1;1-2;/h4-5H,1-3,6-7H2;7-8H,6H2,1-5H3;1-2H;6H,1-5H2;1H3;1H4/i;;;;1D;. The minimum atomic E-state index is -4.48. The average Bonchev–Trinajstić information content (AvgIpc) is 2.98. The van der Waals surface area contributed by atoms with E-state index in [-0.39, 0.29) is 12.6 Å². The lowest BCUT2D eigenvalue weighted by Crippen LogP contribution is -2.36. The van der Waals surface area contributed by atoms with Crippen molar-refractivity contribution in [2.24, 2.45) is 0 Å². The molecule has 0 bridgehead atoms. The second-order valence-electron chi connectivity index (χ2n) is 10.9. The van der Waals surface area contributed by atoms with Gasteiger partial charge < -0.3 is 10.2 Å². The van der Waals surface area contributed by atoms with E-state index in [1.807, 2.05) is 4.90 Å². The Morgan fingerprint density at radius 3 is 1.51 bits per heavy atom. The number of hydrogen-bond acceptors (Lipinski definition) is 5. The van der Waals surface area contributed by atoms with E-state index in [0.717, 1.165) is 57.1 Å². The zero-order valence-corrected chi connectivity index (χ0v) is 29.3. The van der Waals surface area contributed by atoms with Gasteiger partial charge in [-0.2, -0.15) is 26.3 Å². The summed E-state index contributed by atoms with van der Waals surface area (Å²) in [5.74, 6) is 0.530. The molecule has 274 valence electrons. The van der Waals surface area contributed by atoms with Gasteiger partial charge in [-0.05, 0) is 104 Å². The highest BCUT2D eigenvalue weighted by molar-refractivity contribution is 6.32. The van der Waals surface area contributed by atoms with Gasteiger partial charge in [-0.3, -0.25) is 9.29 Å². The van der Waals surface area contributed by atoms with Crippen LogP contribution < -0.4 is 10.2 Å². The third-order valence-corrected chi connectivity index (χ3v) is 7.63. The van der Waals surface area contributed by atoms with Crippen LogP contribution in [0, 0.1) is 0 Å². The summed E-state index contributed by atoms with van der Waals surface area (Å²) in [6.07, 6.45) is -1.46. The minimum absolute atomic E-state index is 0. The quantitative estimate of drug-likeness (QED) is 0.249. The van der Waals surface area contributed by atoms with Gasteiger partial charge in [0, 0.05) is 25.2 Å². The molecule has 2 saturated heterocycles. The van der Waals surface area contributed by atoms with E-state index in [1.54, 1.807) is 0 Å². The Bertz CT molecular complexity index is 1100. The van der Waals surface area contributed by atoms with Crippen LogP contribution in [0.2, 0.25) is 15.5 Å². The predicted octanol–water partition coefficient (Wildman–Crippen LogP) is 11.3. The smallest absolute Gasteiger partial charge is 0.357 e. The number of nitrogens with one attached hydrogen (secondary N) is 1. The van der Waals surface area contributed by atoms with Crippen molar-refractivity contribution < 1.29 is 32.1 Å². The molecule has 2 fully saturated rings. The van der Waals surface area contributed by atoms with Crippen molar-refractivity contribution in [2.45, 2.75) is 105 Å². The SMILES string of the molecule is C.C1CCNCC1.CCN(C(C)C)C(C)C.FC(F)(F)c1ccc(Cl)nc1Cl.FC(F)(F)c1ccc(N2CCCCC2)nc1Cl.[2H]CF. The number of alkyl halides is 7. The van der Waals surface area contributed by atoms with Crippen LogP contribution >= 0.6 is 34.8 Å². The van der Waals surface area contributed by atoms with Crippen LogP contribution in [0.15, 0.2) is 24.3 Å². The second-order valence-corrected chi connectivity index (χ2v) is 12.0. The third kappa shape index (κ3) is 19.2. The Labute approximate surface area is 293 Å². The molecule has 47 heavy (non-hydrogen) atoms. The molecule has 2 aliphatic heterocycles. The van der Waals surface area contributed by atoms with Gasteiger partial charge in [-0.25, -0.2) is 9.97 Å². The van der Waals surface area contributed by atoms with Crippen LogP contribution in [-0.2, 0) is 12.4 Å². The molecule has 2 aliphatic rings. The van der Waals surface area contributed by atoms with Gasteiger partial charge in [0.15, 0.2) is 0 Å². The van der Waals surface area contributed by atoms with Crippen LogP contribution in [0.3, 0.4) is 0 Å². The summed E-state index contributed by atoms with van der Waals surface area (Å²) in [6, 6.07) is 5.60. The van der Waals surface area contributed by atoms with E-state index in [0.29, 0.717) is 17.9 Å². The monoisotopic (exact) mass is 744 g/mol. The molecule has 2 aromatic rings. The molecule has 0 aromatic carbocycles. The fourth-order valence-electron chi connectivity index (χ4n) is 4.69. The largest absolute Gasteiger partial charge is 0.419 e. The summed E-state index contributed by atoms with van der Waals surface area (Å²) in [4.78, 5) is 11.5. The van der Waals surface area contributed by atoms with Crippen LogP contribution in [0.1, 0.15) is 93.1 Å². The summed E-state index contributed by atoms with van der Waals surface area (Å²) < 4.78 is 89.0. The molecule has 4 rings (SSSR count). The first-order chi connectivity index (χ1) is 21.9. The Hall–Kier alpha value is -1.60. The molecule has 15 heteroatoms. The van der Waals surface area contributed by atoms with Crippen LogP contribution in [0.5, 0.6) is 0 Å². The zero-order chi connectivity index (χ0) is 36.2. The first kappa shape index (κ1) is 45.4. The fourth-order valence-corrected chi connectivity index (χ4v) is 5.40. The van der Waals surface area contributed by atoms with E-state index in [4.69, 9.17) is 36.2 Å². The van der Waals surface area contributed by atoms with Gasteiger partial charge >= 0.3 is 12.4 Å². The first-order valence-electron chi connectivity index (χ1n) is 15.8. The molecule has 0 amide bonds. The summed E-state index contributed by atoms with van der Waals surface area (Å²) >= 11 is 16.1. The second kappa shape index (κ2) is 24.5. The Kier molecular flexibility index (Phi) is 23.7. The van der Waals surface area contributed by atoms with Crippen LogP contribution in [-0.4, -0.2) is 66.8 Å². The molecule has 0 saturated carbocycles. The molecule has 1 N–H and O–H groups in total. The van der Waals surface area contributed by atoms with Gasteiger partial charge in [0.1, 0.15) is 21.3 Å². The Morgan fingerprint density at radius 2 is 1.21 bits per heavy atom. The predicted molar refractivity (Wildman–Crippen MR) is 183 cm³/mol. The van der Waals surface area contributed by atoms with Crippen molar-refractivity contribution in [3.05, 3.63) is 50.9 Å². The molecular formula is C32H51Cl3F7N5. The highest BCUT2D eigenvalue weighted by atomic mass is 35.5. The number of nitrogens with zero attached hydrogens (tertiary/aromatic N) is 4.